The molecule has 1 unspecified atom stereocenters. The van der Waals surface area contributed by atoms with Crippen molar-refractivity contribution in [2.45, 2.75) is 50.2 Å². The number of hydrogen-bond acceptors (Lipinski definition) is 2. The van der Waals surface area contributed by atoms with Gasteiger partial charge in [0.1, 0.15) is 0 Å². The van der Waals surface area contributed by atoms with Gasteiger partial charge in [0, 0.05) is 22.6 Å². The Kier molecular flexibility index (Phi) is 5.29. The van der Waals surface area contributed by atoms with Crippen LogP contribution in [0.4, 0.5) is 0 Å². The average molecular weight is 347 g/mol. The molecular weight excluding hydrogens is 326 g/mol. The van der Waals surface area contributed by atoms with Gasteiger partial charge in [0.2, 0.25) is 0 Å². The first-order valence-corrected chi connectivity index (χ1v) is 7.99. The van der Waals surface area contributed by atoms with Crippen molar-refractivity contribution in [1.29, 1.82) is 0 Å². The third-order valence-electron chi connectivity index (χ3n) is 4.24. The van der Waals surface area contributed by atoms with E-state index in [0.29, 0.717) is 0 Å². The summed E-state index contributed by atoms with van der Waals surface area (Å²) in [5.74, 6) is 0. The van der Waals surface area contributed by atoms with Crippen LogP contribution < -0.4 is 5.73 Å². The highest BCUT2D eigenvalue weighted by molar-refractivity contribution is 9.10. The summed E-state index contributed by atoms with van der Waals surface area (Å²) in [4.78, 5) is 0. The van der Waals surface area contributed by atoms with Gasteiger partial charge < -0.3 is 10.5 Å². The van der Waals surface area contributed by atoms with Crippen molar-refractivity contribution >= 4 is 27.5 Å². The van der Waals surface area contributed by atoms with Crippen molar-refractivity contribution in [3.63, 3.8) is 0 Å². The van der Waals surface area contributed by atoms with Crippen molar-refractivity contribution in [2.75, 3.05) is 7.11 Å². The number of methoxy groups -OCH3 is 1. The lowest BCUT2D eigenvalue weighted by Crippen LogP contribution is -2.51. The highest BCUT2D eigenvalue weighted by Crippen LogP contribution is 2.35. The molecule has 0 bridgehead atoms. The molecule has 2 nitrogen and oxygen atoms in total. The third-order valence-corrected chi connectivity index (χ3v) is 5.08. The largest absolute Gasteiger partial charge is 0.377 e. The summed E-state index contributed by atoms with van der Waals surface area (Å²) in [7, 11) is 1.79. The smallest absolute Gasteiger partial charge is 0.0832 e. The minimum atomic E-state index is -0.172. The van der Waals surface area contributed by atoms with E-state index in [1.165, 1.54) is 19.3 Å². The van der Waals surface area contributed by atoms with Crippen LogP contribution in [0.1, 0.15) is 37.7 Å². The highest BCUT2D eigenvalue weighted by Gasteiger charge is 2.38. The van der Waals surface area contributed by atoms with E-state index in [-0.39, 0.29) is 11.6 Å². The molecule has 2 rings (SSSR count). The second-order valence-corrected chi connectivity index (χ2v) is 6.70. The van der Waals surface area contributed by atoms with Gasteiger partial charge in [0.25, 0.3) is 0 Å². The Bertz CT molecular complexity index is 432. The second-order valence-electron chi connectivity index (χ2n) is 5.38. The fourth-order valence-electron chi connectivity index (χ4n) is 2.99. The van der Waals surface area contributed by atoms with E-state index < -0.39 is 0 Å². The molecule has 1 aliphatic carbocycles. The van der Waals surface area contributed by atoms with E-state index in [1.807, 2.05) is 18.2 Å². The van der Waals surface area contributed by atoms with Crippen molar-refractivity contribution in [3.8, 4) is 0 Å². The van der Waals surface area contributed by atoms with E-state index in [4.69, 9.17) is 22.1 Å². The lowest BCUT2D eigenvalue weighted by atomic mass is 9.77. The molecule has 0 heterocycles. The zero-order valence-electron chi connectivity index (χ0n) is 11.3. The lowest BCUT2D eigenvalue weighted by Gasteiger charge is -2.41. The molecule has 1 aromatic carbocycles. The minimum absolute atomic E-state index is 0.00326. The molecule has 0 aromatic heterocycles. The SMILES string of the molecule is COC1(C(N)Cc2ccc(Br)cc2Cl)CCCCC1. The first-order valence-electron chi connectivity index (χ1n) is 6.82. The third kappa shape index (κ3) is 3.52. The van der Waals surface area contributed by atoms with Gasteiger partial charge in [-0.15, -0.1) is 0 Å². The van der Waals surface area contributed by atoms with E-state index in [0.717, 1.165) is 34.3 Å². The van der Waals surface area contributed by atoms with Crippen LogP contribution in [0.2, 0.25) is 5.02 Å². The Labute approximate surface area is 128 Å². The van der Waals surface area contributed by atoms with Gasteiger partial charge in [-0.1, -0.05) is 52.9 Å². The number of hydrogen-bond donors (Lipinski definition) is 1. The quantitative estimate of drug-likeness (QED) is 0.881. The van der Waals surface area contributed by atoms with Crippen LogP contribution in [-0.4, -0.2) is 18.8 Å². The summed E-state index contributed by atoms with van der Waals surface area (Å²) in [6.07, 6.45) is 6.57. The molecule has 0 amide bonds. The molecule has 0 saturated heterocycles. The second kappa shape index (κ2) is 6.57. The number of rotatable bonds is 4. The zero-order valence-corrected chi connectivity index (χ0v) is 13.6. The molecule has 19 heavy (non-hydrogen) atoms. The van der Waals surface area contributed by atoms with Gasteiger partial charge in [0.05, 0.1) is 5.60 Å². The molecule has 1 aromatic rings. The van der Waals surface area contributed by atoms with E-state index in [1.54, 1.807) is 7.11 Å². The molecule has 0 spiro atoms. The summed E-state index contributed by atoms with van der Waals surface area (Å²) in [6.45, 7) is 0. The van der Waals surface area contributed by atoms with Gasteiger partial charge in [-0.05, 0) is 37.0 Å². The zero-order chi connectivity index (χ0) is 13.9. The van der Waals surface area contributed by atoms with Crippen molar-refractivity contribution in [2.24, 2.45) is 5.73 Å². The van der Waals surface area contributed by atoms with E-state index in [2.05, 4.69) is 15.9 Å². The monoisotopic (exact) mass is 345 g/mol. The molecular formula is C15H21BrClNO. The Morgan fingerprint density at radius 3 is 2.63 bits per heavy atom. The summed E-state index contributed by atoms with van der Waals surface area (Å²) < 4.78 is 6.79. The average Bonchev–Trinajstić information content (AvgIpc) is 2.42. The molecule has 1 saturated carbocycles. The van der Waals surface area contributed by atoms with Crippen molar-refractivity contribution in [3.05, 3.63) is 33.3 Å². The maximum Gasteiger partial charge on any atom is 0.0832 e. The van der Waals surface area contributed by atoms with Crippen LogP contribution >= 0.6 is 27.5 Å². The number of ether oxygens (including phenoxy) is 1. The maximum atomic E-state index is 6.44. The fraction of sp³-hybridized carbons (Fsp3) is 0.600. The number of halogens is 2. The molecule has 0 radical (unpaired) electrons. The fourth-order valence-corrected chi connectivity index (χ4v) is 3.74. The molecule has 2 N–H and O–H groups in total. The molecule has 1 fully saturated rings. The summed E-state index contributed by atoms with van der Waals surface area (Å²) >= 11 is 9.70. The van der Waals surface area contributed by atoms with Crippen molar-refractivity contribution < 1.29 is 4.74 Å². The Balaban J connectivity index is 2.12. The van der Waals surface area contributed by atoms with Crippen molar-refractivity contribution in [1.82, 2.24) is 0 Å². The predicted octanol–water partition coefficient (Wildman–Crippen LogP) is 4.32. The first kappa shape index (κ1) is 15.3. The van der Waals surface area contributed by atoms with Gasteiger partial charge in [-0.25, -0.2) is 0 Å². The predicted molar refractivity (Wildman–Crippen MR) is 83.7 cm³/mol. The van der Waals surface area contributed by atoms with E-state index >= 15 is 0 Å². The van der Waals surface area contributed by atoms with Crippen LogP contribution in [0.15, 0.2) is 22.7 Å². The molecule has 1 atom stereocenters. The Hall–Kier alpha value is -0.0900. The first-order chi connectivity index (χ1) is 9.07. The van der Waals surface area contributed by atoms with Gasteiger partial charge in [-0.3, -0.25) is 0 Å². The summed E-state index contributed by atoms with van der Waals surface area (Å²) in [5, 5.41) is 0.770. The van der Waals surface area contributed by atoms with Crippen LogP contribution in [0.5, 0.6) is 0 Å². The Morgan fingerprint density at radius 2 is 2.05 bits per heavy atom. The molecule has 1 aliphatic rings. The van der Waals surface area contributed by atoms with Gasteiger partial charge in [-0.2, -0.15) is 0 Å². The number of benzene rings is 1. The topological polar surface area (TPSA) is 35.2 Å². The van der Waals surface area contributed by atoms with Crippen LogP contribution in [0.3, 0.4) is 0 Å². The standard InChI is InChI=1S/C15H21BrClNO/c1-19-15(7-3-2-4-8-15)14(18)9-11-5-6-12(16)10-13(11)17/h5-6,10,14H,2-4,7-9,18H2,1H3. The molecule has 0 aliphatic heterocycles. The lowest BCUT2D eigenvalue weighted by molar-refractivity contribution is -0.0582. The number of nitrogens with two attached hydrogens (primary N) is 1. The van der Waals surface area contributed by atoms with Gasteiger partial charge in [0.15, 0.2) is 0 Å². The van der Waals surface area contributed by atoms with E-state index in [9.17, 15) is 0 Å². The highest BCUT2D eigenvalue weighted by atomic mass is 79.9. The van der Waals surface area contributed by atoms with Crippen LogP contribution in [-0.2, 0) is 11.2 Å². The molecule has 106 valence electrons. The normalized spacial score (nSPS) is 20.2. The van der Waals surface area contributed by atoms with Crippen LogP contribution in [0, 0.1) is 0 Å². The summed E-state index contributed by atoms with van der Waals surface area (Å²) in [5.41, 5.74) is 7.36. The van der Waals surface area contributed by atoms with Gasteiger partial charge >= 0.3 is 0 Å². The van der Waals surface area contributed by atoms with Crippen LogP contribution in [0.25, 0.3) is 0 Å². The molecule has 4 heteroatoms. The summed E-state index contributed by atoms with van der Waals surface area (Å²) in [6, 6.07) is 5.97. The Morgan fingerprint density at radius 1 is 1.37 bits per heavy atom. The minimum Gasteiger partial charge on any atom is -0.377 e. The maximum absolute atomic E-state index is 6.44.